The van der Waals surface area contributed by atoms with Crippen LogP contribution in [-0.4, -0.2) is 33.2 Å². The molecule has 3 rings (SSSR count). The van der Waals surface area contributed by atoms with Crippen LogP contribution in [0.25, 0.3) is 10.1 Å². The fraction of sp³-hybridized carbons (Fsp3) is 0.158. The molecule has 1 heterocycles. The summed E-state index contributed by atoms with van der Waals surface area (Å²) in [4.78, 5) is 25.3. The smallest absolute Gasteiger partial charge is 0.350 e. The Morgan fingerprint density at radius 2 is 1.73 bits per heavy atom. The number of methoxy groups -OCH3 is 3. The van der Waals surface area contributed by atoms with Crippen molar-refractivity contribution in [1.82, 2.24) is 0 Å². The molecular weight excluding hydrogens is 354 g/mol. The van der Waals surface area contributed by atoms with E-state index >= 15 is 0 Å². The van der Waals surface area contributed by atoms with Gasteiger partial charge in [-0.25, -0.2) is 4.79 Å². The molecule has 0 saturated heterocycles. The van der Waals surface area contributed by atoms with Crippen LogP contribution in [0.3, 0.4) is 0 Å². The van der Waals surface area contributed by atoms with E-state index in [-0.39, 0.29) is 0 Å². The SMILES string of the molecule is COC(=O)c1sc2ccccc2c1NC(=O)c1cccc(OC)c1OC. The maximum atomic E-state index is 12.9. The van der Waals surface area contributed by atoms with E-state index in [0.717, 1.165) is 10.1 Å². The van der Waals surface area contributed by atoms with Crippen molar-refractivity contribution < 1.29 is 23.8 Å². The molecule has 1 N–H and O–H groups in total. The van der Waals surface area contributed by atoms with Crippen molar-refractivity contribution in [3.8, 4) is 11.5 Å². The van der Waals surface area contributed by atoms with Crippen LogP contribution in [0.15, 0.2) is 42.5 Å². The molecule has 6 nitrogen and oxygen atoms in total. The van der Waals surface area contributed by atoms with Gasteiger partial charge in [-0.2, -0.15) is 0 Å². The van der Waals surface area contributed by atoms with Gasteiger partial charge in [-0.1, -0.05) is 24.3 Å². The van der Waals surface area contributed by atoms with Gasteiger partial charge in [0.15, 0.2) is 11.5 Å². The summed E-state index contributed by atoms with van der Waals surface area (Å²) in [5.74, 6) is -0.135. The van der Waals surface area contributed by atoms with Crippen LogP contribution in [0, 0.1) is 0 Å². The Kier molecular flexibility index (Phi) is 5.09. The highest BCUT2D eigenvalue weighted by Crippen LogP contribution is 2.37. The van der Waals surface area contributed by atoms with Crippen molar-refractivity contribution >= 4 is 39.0 Å². The van der Waals surface area contributed by atoms with Crippen molar-refractivity contribution in [1.29, 1.82) is 0 Å². The predicted molar refractivity (Wildman–Crippen MR) is 101 cm³/mol. The average Bonchev–Trinajstić information content (AvgIpc) is 3.05. The Balaban J connectivity index is 2.07. The molecule has 2 aromatic carbocycles. The normalized spacial score (nSPS) is 10.4. The highest BCUT2D eigenvalue weighted by molar-refractivity contribution is 7.21. The molecule has 0 aliphatic heterocycles. The van der Waals surface area contributed by atoms with E-state index in [1.807, 2.05) is 24.3 Å². The lowest BCUT2D eigenvalue weighted by atomic mass is 10.1. The number of anilines is 1. The van der Waals surface area contributed by atoms with E-state index in [1.54, 1.807) is 18.2 Å². The van der Waals surface area contributed by atoms with Crippen LogP contribution in [0.5, 0.6) is 11.5 Å². The number of esters is 1. The third-order valence-corrected chi connectivity index (χ3v) is 5.00. The van der Waals surface area contributed by atoms with E-state index in [9.17, 15) is 9.59 Å². The molecule has 0 fully saturated rings. The second-order valence-corrected chi connectivity index (χ2v) is 6.34. The number of amides is 1. The van der Waals surface area contributed by atoms with Gasteiger partial charge >= 0.3 is 5.97 Å². The highest BCUT2D eigenvalue weighted by Gasteiger charge is 2.23. The molecule has 0 bridgehead atoms. The Morgan fingerprint density at radius 1 is 0.962 bits per heavy atom. The van der Waals surface area contributed by atoms with Crippen molar-refractivity contribution in [2.24, 2.45) is 0 Å². The summed E-state index contributed by atoms with van der Waals surface area (Å²) in [6, 6.07) is 12.5. The predicted octanol–water partition coefficient (Wildman–Crippen LogP) is 3.96. The first-order chi connectivity index (χ1) is 12.6. The molecule has 3 aromatic rings. The average molecular weight is 371 g/mol. The maximum Gasteiger partial charge on any atom is 0.350 e. The monoisotopic (exact) mass is 371 g/mol. The van der Waals surface area contributed by atoms with Gasteiger partial charge in [0, 0.05) is 10.1 Å². The number of fused-ring (bicyclic) bond motifs is 1. The van der Waals surface area contributed by atoms with E-state index in [1.165, 1.54) is 32.7 Å². The molecule has 0 saturated carbocycles. The van der Waals surface area contributed by atoms with Gasteiger partial charge in [0.2, 0.25) is 0 Å². The summed E-state index contributed by atoms with van der Waals surface area (Å²) in [6.07, 6.45) is 0. The Hall–Kier alpha value is -3.06. The third kappa shape index (κ3) is 3.09. The largest absolute Gasteiger partial charge is 0.493 e. The van der Waals surface area contributed by atoms with Crippen molar-refractivity contribution in [3.63, 3.8) is 0 Å². The molecule has 1 amide bonds. The molecule has 0 radical (unpaired) electrons. The Bertz CT molecular complexity index is 979. The number of ether oxygens (including phenoxy) is 3. The van der Waals surface area contributed by atoms with Gasteiger partial charge in [0.25, 0.3) is 5.91 Å². The molecule has 26 heavy (non-hydrogen) atoms. The maximum absolute atomic E-state index is 12.9. The van der Waals surface area contributed by atoms with Gasteiger partial charge in [0.05, 0.1) is 32.6 Å². The van der Waals surface area contributed by atoms with E-state index in [4.69, 9.17) is 14.2 Å². The minimum absolute atomic E-state index is 0.304. The second-order valence-electron chi connectivity index (χ2n) is 5.29. The van der Waals surface area contributed by atoms with Crippen molar-refractivity contribution in [3.05, 3.63) is 52.9 Å². The van der Waals surface area contributed by atoms with Crippen LogP contribution >= 0.6 is 11.3 Å². The lowest BCUT2D eigenvalue weighted by molar-refractivity contribution is 0.0607. The fourth-order valence-electron chi connectivity index (χ4n) is 2.65. The molecule has 1 aromatic heterocycles. The van der Waals surface area contributed by atoms with Crippen LogP contribution in [0.2, 0.25) is 0 Å². The van der Waals surface area contributed by atoms with E-state index < -0.39 is 11.9 Å². The minimum Gasteiger partial charge on any atom is -0.493 e. The molecule has 0 unspecified atom stereocenters. The van der Waals surface area contributed by atoms with E-state index in [2.05, 4.69) is 5.32 Å². The molecule has 7 heteroatoms. The Labute approximate surface area is 154 Å². The fourth-order valence-corrected chi connectivity index (χ4v) is 3.73. The summed E-state index contributed by atoms with van der Waals surface area (Å²) in [5, 5.41) is 3.60. The lowest BCUT2D eigenvalue weighted by Gasteiger charge is -2.13. The number of rotatable bonds is 5. The second kappa shape index (κ2) is 7.45. The highest BCUT2D eigenvalue weighted by atomic mass is 32.1. The number of hydrogen-bond donors (Lipinski definition) is 1. The van der Waals surface area contributed by atoms with Crippen LogP contribution < -0.4 is 14.8 Å². The van der Waals surface area contributed by atoms with Crippen LogP contribution in [0.4, 0.5) is 5.69 Å². The van der Waals surface area contributed by atoms with Gasteiger partial charge in [0.1, 0.15) is 4.88 Å². The number of benzene rings is 2. The number of para-hydroxylation sites is 1. The molecule has 0 spiro atoms. The molecular formula is C19H17NO5S. The summed E-state index contributed by atoms with van der Waals surface area (Å²) >= 11 is 1.27. The first-order valence-corrected chi connectivity index (χ1v) is 8.54. The van der Waals surface area contributed by atoms with Crippen molar-refractivity contribution in [2.45, 2.75) is 0 Å². The van der Waals surface area contributed by atoms with Gasteiger partial charge < -0.3 is 19.5 Å². The van der Waals surface area contributed by atoms with Crippen LogP contribution in [0.1, 0.15) is 20.0 Å². The molecule has 134 valence electrons. The van der Waals surface area contributed by atoms with Gasteiger partial charge in [-0.05, 0) is 18.2 Å². The summed E-state index contributed by atoms with van der Waals surface area (Å²) < 4.78 is 16.3. The van der Waals surface area contributed by atoms with Crippen molar-refractivity contribution in [2.75, 3.05) is 26.6 Å². The number of thiophene rings is 1. The summed E-state index contributed by atoms with van der Waals surface area (Å²) in [6.45, 7) is 0. The first kappa shape index (κ1) is 17.8. The first-order valence-electron chi connectivity index (χ1n) is 7.72. The lowest BCUT2D eigenvalue weighted by Crippen LogP contribution is -2.15. The summed E-state index contributed by atoms with van der Waals surface area (Å²) in [5.41, 5.74) is 0.727. The molecule has 0 atom stereocenters. The zero-order valence-corrected chi connectivity index (χ0v) is 15.3. The third-order valence-electron chi connectivity index (χ3n) is 3.85. The number of carbonyl (C=O) groups excluding carboxylic acids is 2. The number of hydrogen-bond acceptors (Lipinski definition) is 6. The molecule has 0 aliphatic carbocycles. The standard InChI is InChI=1S/C19H17NO5S/c1-23-13-9-6-8-12(16(13)24-2)18(21)20-15-11-7-4-5-10-14(11)26-17(15)19(22)25-3/h4-10H,1-3H3,(H,20,21). The number of carbonyl (C=O) groups is 2. The topological polar surface area (TPSA) is 73.9 Å². The van der Waals surface area contributed by atoms with Crippen LogP contribution in [-0.2, 0) is 4.74 Å². The quantitative estimate of drug-likeness (QED) is 0.687. The van der Waals surface area contributed by atoms with E-state index in [0.29, 0.717) is 27.6 Å². The Morgan fingerprint density at radius 3 is 2.42 bits per heavy atom. The zero-order chi connectivity index (χ0) is 18.7. The molecule has 0 aliphatic rings. The van der Waals surface area contributed by atoms with Gasteiger partial charge in [-0.15, -0.1) is 11.3 Å². The zero-order valence-electron chi connectivity index (χ0n) is 14.5. The summed E-state index contributed by atoms with van der Waals surface area (Å²) in [7, 11) is 4.28. The number of nitrogens with one attached hydrogen (secondary N) is 1. The van der Waals surface area contributed by atoms with Gasteiger partial charge in [-0.3, -0.25) is 4.79 Å². The minimum atomic E-state index is -0.501.